The Labute approximate surface area is 227 Å². The monoisotopic (exact) mass is 540 g/mol. The Balaban J connectivity index is 1.49. The summed E-state index contributed by atoms with van der Waals surface area (Å²) in [5.74, 6) is -1.72. The normalized spacial score (nSPS) is 17.7. The number of piperidine rings is 1. The van der Waals surface area contributed by atoms with Gasteiger partial charge in [0.1, 0.15) is 11.6 Å². The number of aromatic carboxylic acids is 1. The maximum Gasteiger partial charge on any atom is 0.335 e. The van der Waals surface area contributed by atoms with Gasteiger partial charge in [-0.3, -0.25) is 14.4 Å². The molecule has 0 radical (unpaired) electrons. The van der Waals surface area contributed by atoms with E-state index in [-0.39, 0.29) is 29.2 Å². The third-order valence-electron chi connectivity index (χ3n) is 7.47. The maximum atomic E-state index is 13.6. The number of nitrogens with one attached hydrogen (secondary N) is 1. The van der Waals surface area contributed by atoms with Gasteiger partial charge in [0, 0.05) is 36.4 Å². The summed E-state index contributed by atoms with van der Waals surface area (Å²) in [6, 6.07) is 10.8. The lowest BCUT2D eigenvalue weighted by Gasteiger charge is -2.44. The molecule has 2 aromatic rings. The molecular formula is C28H33ClN4O5. The van der Waals surface area contributed by atoms with E-state index < -0.39 is 17.6 Å². The number of likely N-dealkylation sites (N-methyl/N-ethyl adjacent to an activating group) is 1. The smallest absolute Gasteiger partial charge is 0.335 e. The molecule has 0 saturated carbocycles. The van der Waals surface area contributed by atoms with Crippen LogP contribution in [0.1, 0.15) is 53.0 Å². The molecule has 2 aliphatic heterocycles. The zero-order valence-corrected chi connectivity index (χ0v) is 22.8. The molecule has 1 atom stereocenters. The molecule has 2 N–H and O–H groups in total. The van der Waals surface area contributed by atoms with Gasteiger partial charge in [0.05, 0.1) is 12.2 Å². The van der Waals surface area contributed by atoms with E-state index in [0.717, 1.165) is 11.3 Å². The first-order valence-electron chi connectivity index (χ1n) is 12.7. The highest BCUT2D eigenvalue weighted by Crippen LogP contribution is 2.39. The number of hydrogen-bond donors (Lipinski definition) is 2. The predicted octanol–water partition coefficient (Wildman–Crippen LogP) is 3.40. The van der Waals surface area contributed by atoms with E-state index in [9.17, 15) is 24.3 Å². The fourth-order valence-electron chi connectivity index (χ4n) is 5.38. The van der Waals surface area contributed by atoms with E-state index >= 15 is 0 Å². The first-order chi connectivity index (χ1) is 17.9. The number of rotatable bonds is 6. The molecular weight excluding hydrogens is 508 g/mol. The SMILES string of the molecule is Cc1cc(Cl)cc(C(=O)N[C@@H](C(=O)N2CCC3(CC2)C(=O)N(C)CN3c2ccc(C(=O)O)cc2)C(C)C)c1. The summed E-state index contributed by atoms with van der Waals surface area (Å²) < 4.78 is 0. The third-order valence-corrected chi connectivity index (χ3v) is 7.69. The zero-order chi connectivity index (χ0) is 27.8. The van der Waals surface area contributed by atoms with Crippen LogP contribution in [0, 0.1) is 12.8 Å². The van der Waals surface area contributed by atoms with Crippen LogP contribution in [-0.2, 0) is 9.59 Å². The van der Waals surface area contributed by atoms with E-state index in [0.29, 0.717) is 43.2 Å². The summed E-state index contributed by atoms with van der Waals surface area (Å²) in [6.07, 6.45) is 0.851. The first-order valence-corrected chi connectivity index (χ1v) is 13.0. The van der Waals surface area contributed by atoms with Gasteiger partial charge in [-0.25, -0.2) is 4.79 Å². The number of carbonyl (C=O) groups excluding carboxylic acids is 3. The minimum Gasteiger partial charge on any atom is -0.478 e. The summed E-state index contributed by atoms with van der Waals surface area (Å²) in [4.78, 5) is 56.5. The summed E-state index contributed by atoms with van der Waals surface area (Å²) in [5.41, 5.74) is 1.37. The average Bonchev–Trinajstić information content (AvgIpc) is 3.11. The lowest BCUT2D eigenvalue weighted by Crippen LogP contribution is -2.60. The minimum absolute atomic E-state index is 0.0167. The number of amides is 3. The second-order valence-electron chi connectivity index (χ2n) is 10.5. The summed E-state index contributed by atoms with van der Waals surface area (Å²) in [6.45, 7) is 6.71. The van der Waals surface area contributed by atoms with Gasteiger partial charge < -0.3 is 25.1 Å². The van der Waals surface area contributed by atoms with Gasteiger partial charge in [-0.15, -0.1) is 0 Å². The lowest BCUT2D eigenvalue weighted by molar-refractivity contribution is -0.139. The van der Waals surface area contributed by atoms with Crippen molar-refractivity contribution in [3.8, 4) is 0 Å². The Hall–Kier alpha value is -3.59. The first kappa shape index (κ1) is 27.4. The fraction of sp³-hybridized carbons (Fsp3) is 0.429. The molecule has 1 spiro atoms. The summed E-state index contributed by atoms with van der Waals surface area (Å²) in [5, 5.41) is 12.6. The van der Waals surface area contributed by atoms with Crippen LogP contribution in [-0.4, -0.2) is 77.0 Å². The Morgan fingerprint density at radius 2 is 1.66 bits per heavy atom. The molecule has 9 nitrogen and oxygen atoms in total. The molecule has 2 fully saturated rings. The van der Waals surface area contributed by atoms with E-state index in [1.54, 1.807) is 47.2 Å². The van der Waals surface area contributed by atoms with Crippen LogP contribution in [0.5, 0.6) is 0 Å². The largest absolute Gasteiger partial charge is 0.478 e. The Kier molecular flexibility index (Phi) is 7.69. The van der Waals surface area contributed by atoms with Crippen LogP contribution in [0.4, 0.5) is 5.69 Å². The molecule has 4 rings (SSSR count). The fourth-order valence-corrected chi connectivity index (χ4v) is 5.67. The molecule has 0 aromatic heterocycles. The van der Waals surface area contributed by atoms with Crippen molar-refractivity contribution in [2.24, 2.45) is 5.92 Å². The van der Waals surface area contributed by atoms with Crippen LogP contribution >= 0.6 is 11.6 Å². The number of carboxylic acid groups (broad SMARTS) is 1. The van der Waals surface area contributed by atoms with Gasteiger partial charge in [0.25, 0.3) is 5.91 Å². The van der Waals surface area contributed by atoms with Crippen LogP contribution in [0.15, 0.2) is 42.5 Å². The van der Waals surface area contributed by atoms with Crippen LogP contribution in [0.3, 0.4) is 0 Å². The zero-order valence-electron chi connectivity index (χ0n) is 22.0. The molecule has 10 heteroatoms. The number of aryl methyl sites for hydroxylation is 1. The van der Waals surface area contributed by atoms with Crippen molar-refractivity contribution in [1.82, 2.24) is 15.1 Å². The molecule has 0 unspecified atom stereocenters. The second kappa shape index (κ2) is 10.6. The van der Waals surface area contributed by atoms with Crippen LogP contribution in [0.25, 0.3) is 0 Å². The quantitative estimate of drug-likeness (QED) is 0.581. The molecule has 202 valence electrons. The van der Waals surface area contributed by atoms with Crippen molar-refractivity contribution >= 4 is 41.0 Å². The van der Waals surface area contributed by atoms with E-state index in [4.69, 9.17) is 11.6 Å². The molecule has 38 heavy (non-hydrogen) atoms. The summed E-state index contributed by atoms with van der Waals surface area (Å²) >= 11 is 6.12. The second-order valence-corrected chi connectivity index (χ2v) is 10.9. The topological polar surface area (TPSA) is 110 Å². The Morgan fingerprint density at radius 1 is 1.03 bits per heavy atom. The van der Waals surface area contributed by atoms with E-state index in [2.05, 4.69) is 5.32 Å². The van der Waals surface area contributed by atoms with Gasteiger partial charge in [-0.1, -0.05) is 25.4 Å². The molecule has 3 amide bonds. The average molecular weight is 541 g/mol. The van der Waals surface area contributed by atoms with Crippen molar-refractivity contribution < 1.29 is 24.3 Å². The number of carboxylic acids is 1. The Bertz CT molecular complexity index is 1230. The lowest BCUT2D eigenvalue weighted by atomic mass is 9.85. The highest BCUT2D eigenvalue weighted by molar-refractivity contribution is 6.31. The maximum absolute atomic E-state index is 13.6. The molecule has 0 bridgehead atoms. The van der Waals surface area contributed by atoms with Gasteiger partial charge in [0.15, 0.2) is 0 Å². The van der Waals surface area contributed by atoms with E-state index in [1.807, 2.05) is 25.7 Å². The van der Waals surface area contributed by atoms with Gasteiger partial charge in [-0.05, 0) is 73.7 Å². The molecule has 0 aliphatic carbocycles. The number of likely N-dealkylation sites (tertiary alicyclic amines) is 1. The number of nitrogens with zero attached hydrogens (tertiary/aromatic N) is 3. The van der Waals surface area contributed by atoms with Gasteiger partial charge >= 0.3 is 5.97 Å². The molecule has 2 aromatic carbocycles. The number of anilines is 1. The molecule has 2 heterocycles. The Morgan fingerprint density at radius 3 is 2.21 bits per heavy atom. The molecule has 2 saturated heterocycles. The third kappa shape index (κ3) is 5.20. The van der Waals surface area contributed by atoms with Crippen LogP contribution < -0.4 is 10.2 Å². The van der Waals surface area contributed by atoms with Gasteiger partial charge in [0.2, 0.25) is 11.8 Å². The van der Waals surface area contributed by atoms with Crippen molar-refractivity contribution in [3.05, 3.63) is 64.2 Å². The minimum atomic E-state index is -1.01. The highest BCUT2D eigenvalue weighted by atomic mass is 35.5. The van der Waals surface area contributed by atoms with Crippen molar-refractivity contribution in [1.29, 1.82) is 0 Å². The number of benzene rings is 2. The molecule has 2 aliphatic rings. The van der Waals surface area contributed by atoms with Crippen molar-refractivity contribution in [2.75, 3.05) is 31.7 Å². The number of carbonyl (C=O) groups is 4. The summed E-state index contributed by atoms with van der Waals surface area (Å²) in [7, 11) is 1.75. The highest BCUT2D eigenvalue weighted by Gasteiger charge is 2.53. The van der Waals surface area contributed by atoms with Crippen molar-refractivity contribution in [2.45, 2.75) is 45.2 Å². The standard InChI is InChI=1S/C28H33ClN4O5/c1-17(2)23(30-24(34)20-13-18(3)14-21(29)15-20)25(35)32-11-9-28(10-12-32)27(38)31(4)16-33(28)22-7-5-19(6-8-22)26(36)37/h5-8,13-15,17,23H,9-12,16H2,1-4H3,(H,30,34)(H,36,37)/t23-/m1/s1. The van der Waals surface area contributed by atoms with Crippen LogP contribution in [0.2, 0.25) is 5.02 Å². The van der Waals surface area contributed by atoms with Gasteiger partial charge in [-0.2, -0.15) is 0 Å². The van der Waals surface area contributed by atoms with Crippen molar-refractivity contribution in [3.63, 3.8) is 0 Å². The predicted molar refractivity (Wildman–Crippen MR) is 144 cm³/mol. The number of hydrogen-bond acceptors (Lipinski definition) is 5. The van der Waals surface area contributed by atoms with E-state index in [1.165, 1.54) is 12.1 Å². The number of halogens is 1.